The van der Waals surface area contributed by atoms with E-state index < -0.39 is 18.0 Å². The van der Waals surface area contributed by atoms with Gasteiger partial charge < -0.3 is 14.3 Å². The number of rotatable bonds is 8. The van der Waals surface area contributed by atoms with E-state index in [0.717, 1.165) is 16.0 Å². The number of thioether (sulfide) groups is 1. The van der Waals surface area contributed by atoms with Gasteiger partial charge in [-0.2, -0.15) is 0 Å². The molecule has 1 aliphatic heterocycles. The number of halogens is 1. The van der Waals surface area contributed by atoms with Crippen molar-refractivity contribution in [2.75, 3.05) is 12.9 Å². The van der Waals surface area contributed by atoms with E-state index in [1.165, 1.54) is 34.1 Å². The maximum atomic E-state index is 14.1. The van der Waals surface area contributed by atoms with E-state index in [0.29, 0.717) is 37.1 Å². The quantitative estimate of drug-likeness (QED) is 0.155. The Morgan fingerprint density at radius 1 is 1.09 bits per heavy atom. The van der Waals surface area contributed by atoms with Crippen molar-refractivity contribution in [2.45, 2.75) is 17.9 Å². The average Bonchev–Trinajstić information content (AvgIpc) is 3.64. The molecule has 2 aromatic heterocycles. The van der Waals surface area contributed by atoms with Gasteiger partial charge in [0.1, 0.15) is 11.5 Å². The molecule has 0 aliphatic carbocycles. The minimum absolute atomic E-state index is 0.0675. The van der Waals surface area contributed by atoms with Gasteiger partial charge in [0.05, 0.1) is 39.0 Å². The highest BCUT2D eigenvalue weighted by molar-refractivity contribution is 7.98. The molecule has 0 bridgehead atoms. The summed E-state index contributed by atoms with van der Waals surface area (Å²) in [6, 6.07) is 24.0. The van der Waals surface area contributed by atoms with Crippen molar-refractivity contribution in [1.29, 1.82) is 0 Å². The number of aromatic nitrogens is 1. The molecular weight excluding hydrogens is 632 g/mol. The summed E-state index contributed by atoms with van der Waals surface area (Å²) in [7, 11) is 0. The second kappa shape index (κ2) is 12.8. The lowest BCUT2D eigenvalue weighted by Gasteiger charge is -2.26. The summed E-state index contributed by atoms with van der Waals surface area (Å²) in [4.78, 5) is 45.5. The third-order valence-corrected chi connectivity index (χ3v) is 9.24. The molecule has 0 fully saturated rings. The van der Waals surface area contributed by atoms with Crippen LogP contribution in [-0.4, -0.2) is 34.5 Å². The first-order valence-corrected chi connectivity index (χ1v) is 16.3. The van der Waals surface area contributed by atoms with Crippen LogP contribution in [0.2, 0.25) is 5.02 Å². The van der Waals surface area contributed by atoms with Crippen LogP contribution in [0.25, 0.3) is 23.1 Å². The zero-order valence-corrected chi connectivity index (χ0v) is 26.4. The number of nitrogens with zero attached hydrogens (tertiary/aromatic N) is 2. The molecule has 226 valence electrons. The number of aromatic carboxylic acids is 1. The van der Waals surface area contributed by atoms with Crippen molar-refractivity contribution >= 4 is 58.4 Å². The van der Waals surface area contributed by atoms with Crippen molar-refractivity contribution in [2.24, 2.45) is 4.99 Å². The number of carboxylic acid groups (broad SMARTS) is 1. The van der Waals surface area contributed by atoms with E-state index in [1.54, 1.807) is 36.9 Å². The van der Waals surface area contributed by atoms with Gasteiger partial charge in [0.15, 0.2) is 4.80 Å². The Bertz CT molecular complexity index is 2150. The molecule has 3 heterocycles. The number of carbonyl (C=O) groups excluding carboxylic acids is 1. The van der Waals surface area contributed by atoms with Gasteiger partial charge in [-0.1, -0.05) is 65.4 Å². The largest absolute Gasteiger partial charge is 0.478 e. The van der Waals surface area contributed by atoms with E-state index in [2.05, 4.69) is 0 Å². The fraction of sp³-hybridized carbons (Fsp3) is 0.118. The van der Waals surface area contributed by atoms with Crippen LogP contribution < -0.4 is 14.9 Å². The maximum Gasteiger partial charge on any atom is 0.338 e. The van der Waals surface area contributed by atoms with E-state index in [9.17, 15) is 19.5 Å². The molecule has 0 saturated carbocycles. The van der Waals surface area contributed by atoms with Crippen molar-refractivity contribution in [3.63, 3.8) is 0 Å². The number of furan rings is 1. The molecule has 0 amide bonds. The Kier molecular flexibility index (Phi) is 8.62. The zero-order chi connectivity index (χ0) is 31.7. The van der Waals surface area contributed by atoms with E-state index in [-0.39, 0.29) is 23.3 Å². The van der Waals surface area contributed by atoms with Crippen molar-refractivity contribution in [3.05, 3.63) is 138 Å². The lowest BCUT2D eigenvalue weighted by atomic mass is 9.93. The Labute approximate surface area is 270 Å². The van der Waals surface area contributed by atoms with Gasteiger partial charge >= 0.3 is 11.9 Å². The SMILES string of the molecule is CCOC(=O)C1=C(c2ccccc2)N=c2s/c(=C/c3ccc(-c4cc(C(=O)O)ccc4Cl)o3)c(=O)n2[C@@H]1c1ccc(SC)cc1. The molecule has 1 N–H and O–H groups in total. The minimum atomic E-state index is -1.09. The predicted molar refractivity (Wildman–Crippen MR) is 175 cm³/mol. The molecular formula is C34H25ClN2O6S2. The Morgan fingerprint density at radius 3 is 2.53 bits per heavy atom. The molecule has 0 saturated heterocycles. The molecule has 1 aliphatic rings. The summed E-state index contributed by atoms with van der Waals surface area (Å²) in [5.74, 6) is -0.925. The number of carbonyl (C=O) groups is 2. The lowest BCUT2D eigenvalue weighted by molar-refractivity contribution is -0.138. The van der Waals surface area contributed by atoms with Crippen molar-refractivity contribution in [1.82, 2.24) is 4.57 Å². The van der Waals surface area contributed by atoms with Crippen LogP contribution >= 0.6 is 34.7 Å². The first-order valence-electron chi connectivity index (χ1n) is 13.8. The molecule has 8 nitrogen and oxygen atoms in total. The van der Waals surface area contributed by atoms with Crippen LogP contribution in [0.1, 0.15) is 40.2 Å². The van der Waals surface area contributed by atoms with Crippen LogP contribution in [0.4, 0.5) is 0 Å². The van der Waals surface area contributed by atoms with Crippen LogP contribution in [0.15, 0.2) is 110 Å². The van der Waals surface area contributed by atoms with Crippen LogP contribution in [-0.2, 0) is 9.53 Å². The first-order chi connectivity index (χ1) is 21.8. The summed E-state index contributed by atoms with van der Waals surface area (Å²) in [6.45, 7) is 1.90. The minimum Gasteiger partial charge on any atom is -0.478 e. The van der Waals surface area contributed by atoms with E-state index in [4.69, 9.17) is 25.7 Å². The van der Waals surface area contributed by atoms with E-state index >= 15 is 0 Å². The average molecular weight is 657 g/mol. The summed E-state index contributed by atoms with van der Waals surface area (Å²) in [6.07, 6.45) is 3.58. The Morgan fingerprint density at radius 2 is 1.84 bits per heavy atom. The lowest BCUT2D eigenvalue weighted by Crippen LogP contribution is -2.40. The third kappa shape index (κ3) is 5.92. The van der Waals surface area contributed by atoms with Gasteiger partial charge in [-0.3, -0.25) is 9.36 Å². The number of carboxylic acids is 1. The number of hydrogen-bond acceptors (Lipinski definition) is 8. The van der Waals surface area contributed by atoms with Gasteiger partial charge in [-0.25, -0.2) is 14.6 Å². The monoisotopic (exact) mass is 656 g/mol. The highest BCUT2D eigenvalue weighted by Gasteiger charge is 2.35. The number of benzene rings is 3. The second-order valence-electron chi connectivity index (χ2n) is 9.91. The van der Waals surface area contributed by atoms with Gasteiger partial charge in [0.2, 0.25) is 0 Å². The second-order valence-corrected chi connectivity index (χ2v) is 12.2. The smallest absolute Gasteiger partial charge is 0.338 e. The van der Waals surface area contributed by atoms with Gasteiger partial charge in [0, 0.05) is 22.1 Å². The molecule has 6 rings (SSSR count). The molecule has 0 unspecified atom stereocenters. The standard InChI is InChI=1S/C34H25ClN2O6S2/c1-3-42-33(41)28-29(19-7-5-4-6-8-19)36-34-37(30(28)20-9-13-23(44-2)14-10-20)31(38)27(45-34)18-22-12-16-26(43-22)24-17-21(32(39)40)11-15-25(24)35/h4-18,30H,3H2,1-2H3,(H,39,40)/b27-18+/t30-/m1/s1. The number of esters is 1. The molecule has 1 atom stereocenters. The van der Waals surface area contributed by atoms with Crippen LogP contribution in [0.5, 0.6) is 0 Å². The van der Waals surface area contributed by atoms with Gasteiger partial charge in [-0.05, 0) is 61.2 Å². The summed E-state index contributed by atoms with van der Waals surface area (Å²) in [5, 5.41) is 9.73. The number of fused-ring (bicyclic) bond motifs is 1. The molecule has 5 aromatic rings. The normalized spacial score (nSPS) is 14.6. The number of thiazole rings is 1. The molecule has 0 spiro atoms. The number of hydrogen-bond donors (Lipinski definition) is 1. The highest BCUT2D eigenvalue weighted by Crippen LogP contribution is 2.36. The first kappa shape index (κ1) is 30.4. The predicted octanol–water partition coefficient (Wildman–Crippen LogP) is 6.27. The van der Waals surface area contributed by atoms with Crippen molar-refractivity contribution < 1.29 is 23.8 Å². The maximum absolute atomic E-state index is 14.1. The summed E-state index contributed by atoms with van der Waals surface area (Å²) >= 11 is 9.12. The van der Waals surface area contributed by atoms with Crippen molar-refractivity contribution in [3.8, 4) is 11.3 Å². The highest BCUT2D eigenvalue weighted by atomic mass is 35.5. The van der Waals surface area contributed by atoms with Gasteiger partial charge in [0.25, 0.3) is 5.56 Å². The third-order valence-electron chi connectivity index (χ3n) is 7.18. The molecule has 3 aromatic carbocycles. The molecule has 0 radical (unpaired) electrons. The topological polar surface area (TPSA) is 111 Å². The number of ether oxygens (including phenoxy) is 1. The summed E-state index contributed by atoms with van der Waals surface area (Å²) in [5.41, 5.74) is 2.30. The Hall–Kier alpha value is -4.64. The van der Waals surface area contributed by atoms with Crippen LogP contribution in [0, 0.1) is 0 Å². The fourth-order valence-corrected chi connectivity index (χ4v) is 6.69. The summed E-state index contributed by atoms with van der Waals surface area (Å²) < 4.78 is 13.4. The molecule has 11 heteroatoms. The van der Waals surface area contributed by atoms with E-state index in [1.807, 2.05) is 60.9 Å². The zero-order valence-electron chi connectivity index (χ0n) is 24.0. The van der Waals surface area contributed by atoms with Crippen LogP contribution in [0.3, 0.4) is 0 Å². The fourth-order valence-electron chi connectivity index (χ4n) is 5.09. The molecule has 45 heavy (non-hydrogen) atoms. The van der Waals surface area contributed by atoms with Gasteiger partial charge in [-0.15, -0.1) is 11.8 Å². The Balaban J connectivity index is 1.54.